The topological polar surface area (TPSA) is 12.0 Å². The fraction of sp³-hybridized carbons (Fsp3) is 1.00. The molecular weight excluding hydrogens is 105 g/mol. The third-order valence-electron chi connectivity index (χ3n) is 1.63. The van der Waals surface area contributed by atoms with E-state index in [-0.39, 0.29) is 12.7 Å². The van der Waals surface area contributed by atoms with Crippen molar-refractivity contribution in [3.8, 4) is 0 Å². The molecule has 0 aromatic carbocycles. The average molecular weight is 117 g/mol. The smallest absolute Gasteiger partial charge is 0.105 e. The van der Waals surface area contributed by atoms with Crippen molar-refractivity contribution in [3.63, 3.8) is 0 Å². The Morgan fingerprint density at radius 1 is 1.75 bits per heavy atom. The number of rotatable bonds is 1. The Morgan fingerprint density at radius 3 is 2.75 bits per heavy atom. The second-order valence-electron chi connectivity index (χ2n) is 2.60. The molecule has 1 aliphatic heterocycles. The third-order valence-corrected chi connectivity index (χ3v) is 1.63. The van der Waals surface area contributed by atoms with Crippen molar-refractivity contribution in [2.24, 2.45) is 5.92 Å². The van der Waals surface area contributed by atoms with E-state index in [1.165, 1.54) is 0 Å². The quantitative estimate of drug-likeness (QED) is 0.539. The summed E-state index contributed by atoms with van der Waals surface area (Å²) >= 11 is 0. The van der Waals surface area contributed by atoms with Gasteiger partial charge in [0.1, 0.15) is 6.67 Å². The maximum atomic E-state index is 11.8. The molecule has 0 aromatic rings. The van der Waals surface area contributed by atoms with E-state index in [0.717, 1.165) is 13.0 Å². The van der Waals surface area contributed by atoms with Crippen molar-refractivity contribution in [2.45, 2.75) is 19.4 Å². The zero-order valence-electron chi connectivity index (χ0n) is 5.15. The van der Waals surface area contributed by atoms with Crippen LogP contribution in [0.25, 0.3) is 0 Å². The van der Waals surface area contributed by atoms with Gasteiger partial charge in [-0.05, 0) is 18.9 Å². The summed E-state index contributed by atoms with van der Waals surface area (Å²) in [5.41, 5.74) is 0. The van der Waals surface area contributed by atoms with Crippen LogP contribution in [0.2, 0.25) is 0 Å². The van der Waals surface area contributed by atoms with Gasteiger partial charge in [-0.25, -0.2) is 4.39 Å². The molecule has 1 fully saturated rings. The summed E-state index contributed by atoms with van der Waals surface area (Å²) in [6.45, 7) is 2.93. The van der Waals surface area contributed by atoms with Gasteiger partial charge in [0, 0.05) is 6.04 Å². The van der Waals surface area contributed by atoms with Crippen LogP contribution in [0.15, 0.2) is 0 Å². The molecule has 0 radical (unpaired) electrons. The van der Waals surface area contributed by atoms with Crippen molar-refractivity contribution in [2.75, 3.05) is 13.2 Å². The van der Waals surface area contributed by atoms with Crippen LogP contribution >= 0.6 is 0 Å². The summed E-state index contributed by atoms with van der Waals surface area (Å²) in [5, 5.41) is 3.08. The molecule has 0 bridgehead atoms. The lowest BCUT2D eigenvalue weighted by Crippen LogP contribution is -2.22. The molecule has 0 amide bonds. The largest absolute Gasteiger partial charge is 0.311 e. The van der Waals surface area contributed by atoms with Gasteiger partial charge in [0.25, 0.3) is 0 Å². The van der Waals surface area contributed by atoms with Crippen LogP contribution in [0.4, 0.5) is 4.39 Å². The van der Waals surface area contributed by atoms with E-state index in [2.05, 4.69) is 12.2 Å². The van der Waals surface area contributed by atoms with Crippen LogP contribution in [-0.4, -0.2) is 19.3 Å². The Balaban J connectivity index is 2.22. The van der Waals surface area contributed by atoms with E-state index in [0.29, 0.717) is 5.92 Å². The summed E-state index contributed by atoms with van der Waals surface area (Å²) in [6, 6.07) is 0.157. The summed E-state index contributed by atoms with van der Waals surface area (Å²) in [7, 11) is 0. The zero-order valence-corrected chi connectivity index (χ0v) is 5.15. The minimum absolute atomic E-state index is 0.157. The predicted octanol–water partition coefficient (Wildman–Crippen LogP) is 0.954. The summed E-state index contributed by atoms with van der Waals surface area (Å²) < 4.78 is 11.8. The normalized spacial score (nSPS) is 38.2. The van der Waals surface area contributed by atoms with Crippen molar-refractivity contribution in [3.05, 3.63) is 0 Å². The fourth-order valence-corrected chi connectivity index (χ4v) is 1.14. The molecular formula is C6H12FN. The first-order valence-corrected chi connectivity index (χ1v) is 3.12. The molecule has 1 rings (SSSR count). The average Bonchev–Trinajstić information content (AvgIpc) is 2.14. The fourth-order valence-electron chi connectivity index (χ4n) is 1.14. The van der Waals surface area contributed by atoms with Gasteiger partial charge >= 0.3 is 0 Å². The van der Waals surface area contributed by atoms with Crippen LogP contribution in [0.5, 0.6) is 0 Å². The first-order valence-electron chi connectivity index (χ1n) is 3.12. The van der Waals surface area contributed by atoms with E-state index in [4.69, 9.17) is 0 Å². The van der Waals surface area contributed by atoms with Gasteiger partial charge in [-0.15, -0.1) is 0 Å². The Morgan fingerprint density at radius 2 is 2.50 bits per heavy atom. The highest BCUT2D eigenvalue weighted by molar-refractivity contribution is 4.77. The first kappa shape index (κ1) is 6.02. The van der Waals surface area contributed by atoms with E-state index in [1.54, 1.807) is 0 Å². The highest BCUT2D eigenvalue weighted by Crippen LogP contribution is 2.12. The molecule has 1 aliphatic rings. The van der Waals surface area contributed by atoms with Crippen LogP contribution < -0.4 is 5.32 Å². The lowest BCUT2D eigenvalue weighted by atomic mass is 10.1. The maximum absolute atomic E-state index is 11.8. The molecule has 8 heavy (non-hydrogen) atoms. The highest BCUT2D eigenvalue weighted by atomic mass is 19.1. The Bertz CT molecular complexity index is 74.9. The first-order chi connectivity index (χ1) is 3.83. The van der Waals surface area contributed by atoms with Crippen LogP contribution in [0.3, 0.4) is 0 Å². The predicted molar refractivity (Wildman–Crippen MR) is 31.5 cm³/mol. The van der Waals surface area contributed by atoms with Crippen molar-refractivity contribution in [1.82, 2.24) is 5.32 Å². The van der Waals surface area contributed by atoms with Gasteiger partial charge in [0.15, 0.2) is 0 Å². The zero-order chi connectivity index (χ0) is 5.98. The van der Waals surface area contributed by atoms with Crippen molar-refractivity contribution < 1.29 is 4.39 Å². The monoisotopic (exact) mass is 117 g/mol. The second kappa shape index (κ2) is 2.44. The summed E-state index contributed by atoms with van der Waals surface area (Å²) in [5.74, 6) is 0.677. The lowest BCUT2D eigenvalue weighted by molar-refractivity contribution is 0.401. The van der Waals surface area contributed by atoms with E-state index in [9.17, 15) is 4.39 Å². The molecule has 2 heteroatoms. The van der Waals surface area contributed by atoms with Crippen molar-refractivity contribution >= 4 is 0 Å². The molecule has 1 nitrogen and oxygen atoms in total. The second-order valence-corrected chi connectivity index (χ2v) is 2.60. The minimum Gasteiger partial charge on any atom is -0.311 e. The van der Waals surface area contributed by atoms with Gasteiger partial charge in [-0.1, -0.05) is 6.92 Å². The van der Waals surface area contributed by atoms with Gasteiger partial charge < -0.3 is 5.32 Å². The number of halogens is 1. The Labute approximate surface area is 49.3 Å². The van der Waals surface area contributed by atoms with Gasteiger partial charge in [0.2, 0.25) is 0 Å². The molecule has 0 aliphatic carbocycles. The molecule has 1 unspecified atom stereocenters. The summed E-state index contributed by atoms with van der Waals surface area (Å²) in [6.07, 6.45) is 1.01. The number of hydrogen-bond acceptors (Lipinski definition) is 1. The Hall–Kier alpha value is -0.110. The number of nitrogens with one attached hydrogen (secondary N) is 1. The minimum atomic E-state index is -0.204. The molecule has 0 aromatic heterocycles. The van der Waals surface area contributed by atoms with Gasteiger partial charge in [0.05, 0.1) is 0 Å². The van der Waals surface area contributed by atoms with Crippen LogP contribution in [0.1, 0.15) is 13.3 Å². The van der Waals surface area contributed by atoms with Crippen LogP contribution in [0, 0.1) is 5.92 Å². The maximum Gasteiger partial charge on any atom is 0.105 e. The SMILES string of the molecule is CC1CN[C@H](CF)C1. The molecule has 1 heterocycles. The third kappa shape index (κ3) is 1.19. The highest BCUT2D eigenvalue weighted by Gasteiger charge is 2.19. The van der Waals surface area contributed by atoms with Crippen molar-refractivity contribution in [1.29, 1.82) is 0 Å². The van der Waals surface area contributed by atoms with E-state index >= 15 is 0 Å². The van der Waals surface area contributed by atoms with Crippen LogP contribution in [-0.2, 0) is 0 Å². The molecule has 1 saturated heterocycles. The molecule has 48 valence electrons. The van der Waals surface area contributed by atoms with Gasteiger partial charge in [-0.2, -0.15) is 0 Å². The molecule has 0 spiro atoms. The number of alkyl halides is 1. The van der Waals surface area contributed by atoms with Gasteiger partial charge in [-0.3, -0.25) is 0 Å². The van der Waals surface area contributed by atoms with E-state index < -0.39 is 0 Å². The lowest BCUT2D eigenvalue weighted by Gasteiger charge is -2.00. The summed E-state index contributed by atoms with van der Waals surface area (Å²) in [4.78, 5) is 0. The molecule has 0 saturated carbocycles. The molecule has 2 atom stereocenters. The van der Waals surface area contributed by atoms with E-state index in [1.807, 2.05) is 0 Å². The molecule has 1 N–H and O–H groups in total. The standard InChI is InChI=1S/C6H12FN/c1-5-2-6(3-7)8-4-5/h5-6,8H,2-4H2,1H3/t5?,6-/m0/s1. The Kier molecular flexibility index (Phi) is 1.84. The number of hydrogen-bond donors (Lipinski definition) is 1.